The van der Waals surface area contributed by atoms with Crippen LogP contribution in [0.25, 0.3) is 5.70 Å². The minimum Gasteiger partial charge on any atom is -0.346 e. The molecule has 3 rings (SSSR count). The van der Waals surface area contributed by atoms with Gasteiger partial charge in [0.1, 0.15) is 12.1 Å². The molecule has 1 unspecified atom stereocenters. The van der Waals surface area contributed by atoms with E-state index in [-0.39, 0.29) is 10.9 Å². The fraction of sp³-hybridized carbons (Fsp3) is 0.0667. The van der Waals surface area contributed by atoms with Crippen molar-refractivity contribution >= 4 is 35.2 Å². The van der Waals surface area contributed by atoms with Gasteiger partial charge in [-0.1, -0.05) is 11.6 Å². The standard InChI is InChI=1S/C15H11ClFN5O/c16-11-3-9(1-2-12(11)17)13-4-14(21-8-20-13)15(23)22-10-5-18-7-19-6-10/h1-8,14H,(H,20,21)(H,22,23). The number of nitrogens with zero attached hydrogens (tertiary/aromatic N) is 3. The fourth-order valence-corrected chi connectivity index (χ4v) is 2.18. The number of benzene rings is 1. The minimum atomic E-state index is -0.727. The third-order valence-electron chi connectivity index (χ3n) is 3.11. The van der Waals surface area contributed by atoms with Crippen molar-refractivity contribution in [1.82, 2.24) is 15.3 Å². The normalized spacial score (nSPS) is 16.4. The number of amides is 1. The van der Waals surface area contributed by atoms with E-state index >= 15 is 0 Å². The van der Waals surface area contributed by atoms with E-state index in [4.69, 9.17) is 11.6 Å². The smallest absolute Gasteiger partial charge is 0.253 e. The van der Waals surface area contributed by atoms with E-state index in [0.29, 0.717) is 16.9 Å². The number of nitrogens with one attached hydrogen (secondary N) is 2. The number of rotatable bonds is 3. The third kappa shape index (κ3) is 3.51. The van der Waals surface area contributed by atoms with Gasteiger partial charge in [0, 0.05) is 5.70 Å². The lowest BCUT2D eigenvalue weighted by molar-refractivity contribution is -0.116. The summed E-state index contributed by atoms with van der Waals surface area (Å²) in [5, 5.41) is 5.59. The molecule has 1 amide bonds. The number of carbonyl (C=O) groups excluding carboxylic acids is 1. The number of aliphatic imine (C=N–C) groups is 1. The number of carbonyl (C=O) groups is 1. The molecule has 1 aliphatic rings. The molecule has 0 radical (unpaired) electrons. The van der Waals surface area contributed by atoms with Crippen molar-refractivity contribution in [2.75, 3.05) is 5.32 Å². The number of aromatic nitrogens is 2. The maximum absolute atomic E-state index is 13.2. The van der Waals surface area contributed by atoms with Gasteiger partial charge in [-0.3, -0.25) is 9.79 Å². The highest BCUT2D eigenvalue weighted by atomic mass is 35.5. The Balaban J connectivity index is 1.79. The van der Waals surface area contributed by atoms with Crippen LogP contribution < -0.4 is 10.6 Å². The predicted molar refractivity (Wildman–Crippen MR) is 85.5 cm³/mol. The molecule has 0 bridgehead atoms. The lowest BCUT2D eigenvalue weighted by atomic mass is 10.1. The van der Waals surface area contributed by atoms with Gasteiger partial charge in [-0.15, -0.1) is 0 Å². The Morgan fingerprint density at radius 2 is 2.09 bits per heavy atom. The van der Waals surface area contributed by atoms with Crippen molar-refractivity contribution in [3.8, 4) is 0 Å². The van der Waals surface area contributed by atoms with Crippen LogP contribution >= 0.6 is 11.6 Å². The Morgan fingerprint density at radius 1 is 1.30 bits per heavy atom. The molecule has 0 spiro atoms. The van der Waals surface area contributed by atoms with E-state index in [2.05, 4.69) is 25.6 Å². The van der Waals surface area contributed by atoms with E-state index in [9.17, 15) is 9.18 Å². The van der Waals surface area contributed by atoms with Crippen LogP contribution in [-0.2, 0) is 4.79 Å². The molecular weight excluding hydrogens is 321 g/mol. The summed E-state index contributed by atoms with van der Waals surface area (Å²) in [6, 6.07) is 3.59. The summed E-state index contributed by atoms with van der Waals surface area (Å²) in [4.78, 5) is 23.9. The molecule has 0 aliphatic carbocycles. The first-order chi connectivity index (χ1) is 11.1. The zero-order valence-corrected chi connectivity index (χ0v) is 12.5. The molecule has 1 atom stereocenters. The second-order valence-electron chi connectivity index (χ2n) is 4.69. The SMILES string of the molecule is O=C(Nc1cncnc1)C1C=C(c2ccc(F)c(Cl)c2)NC=N1. The lowest BCUT2D eigenvalue weighted by Gasteiger charge is -2.17. The first-order valence-corrected chi connectivity index (χ1v) is 7.02. The van der Waals surface area contributed by atoms with E-state index in [1.807, 2.05) is 0 Å². The van der Waals surface area contributed by atoms with Gasteiger partial charge in [-0.2, -0.15) is 0 Å². The molecule has 2 aromatic rings. The van der Waals surface area contributed by atoms with Gasteiger partial charge in [0.25, 0.3) is 5.91 Å². The van der Waals surface area contributed by atoms with Crippen LogP contribution in [0.4, 0.5) is 10.1 Å². The molecule has 8 heteroatoms. The summed E-state index contributed by atoms with van der Waals surface area (Å²) in [6.45, 7) is 0. The van der Waals surface area contributed by atoms with Crippen LogP contribution in [0.2, 0.25) is 5.02 Å². The molecular formula is C15H11ClFN5O. The minimum absolute atomic E-state index is 0.00940. The summed E-state index contributed by atoms with van der Waals surface area (Å²) < 4.78 is 13.2. The molecule has 116 valence electrons. The second-order valence-corrected chi connectivity index (χ2v) is 5.10. The quantitative estimate of drug-likeness (QED) is 0.904. The summed E-state index contributed by atoms with van der Waals surface area (Å²) in [5.74, 6) is -0.831. The van der Waals surface area contributed by atoms with Crippen molar-refractivity contribution in [3.63, 3.8) is 0 Å². The van der Waals surface area contributed by atoms with Crippen LogP contribution in [0.5, 0.6) is 0 Å². The van der Waals surface area contributed by atoms with Gasteiger partial charge in [0.15, 0.2) is 6.04 Å². The lowest BCUT2D eigenvalue weighted by Crippen LogP contribution is -2.30. The second kappa shape index (κ2) is 6.53. The summed E-state index contributed by atoms with van der Waals surface area (Å²) in [6.07, 6.45) is 7.38. The average Bonchev–Trinajstić information content (AvgIpc) is 2.58. The van der Waals surface area contributed by atoms with Crippen molar-refractivity contribution < 1.29 is 9.18 Å². The van der Waals surface area contributed by atoms with Gasteiger partial charge in [-0.25, -0.2) is 14.4 Å². The molecule has 1 aromatic heterocycles. The summed E-state index contributed by atoms with van der Waals surface area (Å²) in [5.41, 5.74) is 1.75. The average molecular weight is 332 g/mol. The zero-order valence-electron chi connectivity index (χ0n) is 11.7. The number of anilines is 1. The Kier molecular flexibility index (Phi) is 4.29. The number of hydrogen-bond donors (Lipinski definition) is 2. The van der Waals surface area contributed by atoms with E-state index in [1.54, 1.807) is 12.1 Å². The Bertz CT molecular complexity index is 794. The topological polar surface area (TPSA) is 79.3 Å². The molecule has 6 nitrogen and oxygen atoms in total. The molecule has 0 saturated heterocycles. The van der Waals surface area contributed by atoms with Crippen molar-refractivity contribution in [1.29, 1.82) is 0 Å². The molecule has 2 N–H and O–H groups in total. The van der Waals surface area contributed by atoms with Crippen LogP contribution in [0, 0.1) is 5.82 Å². The van der Waals surface area contributed by atoms with E-state index < -0.39 is 11.9 Å². The largest absolute Gasteiger partial charge is 0.346 e. The third-order valence-corrected chi connectivity index (χ3v) is 3.40. The van der Waals surface area contributed by atoms with E-state index in [0.717, 1.165) is 0 Å². The number of hydrogen-bond acceptors (Lipinski definition) is 5. The zero-order chi connectivity index (χ0) is 16.2. The van der Waals surface area contributed by atoms with Crippen LogP contribution in [-0.4, -0.2) is 28.3 Å². The fourth-order valence-electron chi connectivity index (χ4n) is 2.00. The van der Waals surface area contributed by atoms with Crippen molar-refractivity contribution in [2.24, 2.45) is 4.99 Å². The maximum atomic E-state index is 13.2. The highest BCUT2D eigenvalue weighted by Crippen LogP contribution is 2.22. The van der Waals surface area contributed by atoms with Crippen LogP contribution in [0.3, 0.4) is 0 Å². The van der Waals surface area contributed by atoms with Crippen molar-refractivity contribution in [2.45, 2.75) is 6.04 Å². The summed E-state index contributed by atoms with van der Waals surface area (Å²) in [7, 11) is 0. The Morgan fingerprint density at radius 3 is 2.83 bits per heavy atom. The first kappa shape index (κ1) is 15.1. The highest BCUT2D eigenvalue weighted by molar-refractivity contribution is 6.30. The summed E-state index contributed by atoms with van der Waals surface area (Å²) >= 11 is 5.78. The van der Waals surface area contributed by atoms with Gasteiger partial charge >= 0.3 is 0 Å². The predicted octanol–water partition coefficient (Wildman–Crippen LogP) is 2.25. The van der Waals surface area contributed by atoms with Gasteiger partial charge in [0.05, 0.1) is 29.4 Å². The van der Waals surface area contributed by atoms with Gasteiger partial charge in [-0.05, 0) is 29.8 Å². The molecule has 0 fully saturated rings. The van der Waals surface area contributed by atoms with Crippen molar-refractivity contribution in [3.05, 3.63) is 59.4 Å². The highest BCUT2D eigenvalue weighted by Gasteiger charge is 2.19. The maximum Gasteiger partial charge on any atom is 0.253 e. The Labute approximate surface area is 136 Å². The molecule has 1 aliphatic heterocycles. The van der Waals surface area contributed by atoms with Crippen LogP contribution in [0.15, 0.2) is 48.0 Å². The monoisotopic (exact) mass is 331 g/mol. The van der Waals surface area contributed by atoms with Gasteiger partial charge < -0.3 is 10.6 Å². The van der Waals surface area contributed by atoms with Gasteiger partial charge in [0.2, 0.25) is 0 Å². The molecule has 23 heavy (non-hydrogen) atoms. The molecule has 0 saturated carbocycles. The first-order valence-electron chi connectivity index (χ1n) is 6.65. The molecule has 2 heterocycles. The van der Waals surface area contributed by atoms with E-state index in [1.165, 1.54) is 37.2 Å². The number of halogens is 2. The Hall–Kier alpha value is -2.80. The molecule has 1 aromatic carbocycles. The van der Waals surface area contributed by atoms with Crippen LogP contribution in [0.1, 0.15) is 5.56 Å².